The molecule has 1 aliphatic heterocycles. The van der Waals surface area contributed by atoms with Gasteiger partial charge in [-0.3, -0.25) is 4.79 Å². The fourth-order valence-corrected chi connectivity index (χ4v) is 2.03. The monoisotopic (exact) mass is 247 g/mol. The van der Waals surface area contributed by atoms with Gasteiger partial charge in [0.05, 0.1) is 18.5 Å². The zero-order valence-electron chi connectivity index (χ0n) is 9.99. The summed E-state index contributed by atoms with van der Waals surface area (Å²) in [5.74, 6) is 1.09. The van der Waals surface area contributed by atoms with Gasteiger partial charge in [-0.05, 0) is 19.1 Å². The molecule has 2 heterocycles. The van der Waals surface area contributed by atoms with E-state index >= 15 is 0 Å². The maximum atomic E-state index is 11.8. The minimum atomic E-state index is -0.249. The molecule has 1 aromatic carbocycles. The smallest absolute Gasteiger partial charge is 0.291 e. The number of rotatable bonds is 2. The molecule has 0 saturated heterocycles. The van der Waals surface area contributed by atoms with Crippen LogP contribution in [0.25, 0.3) is 11.0 Å². The van der Waals surface area contributed by atoms with Crippen molar-refractivity contribution in [2.75, 3.05) is 19.8 Å². The molecule has 0 unspecified atom stereocenters. The molecule has 0 aliphatic carbocycles. The summed E-state index contributed by atoms with van der Waals surface area (Å²) >= 11 is 0. The van der Waals surface area contributed by atoms with Crippen LogP contribution in [0.15, 0.2) is 22.6 Å². The van der Waals surface area contributed by atoms with Crippen LogP contribution in [-0.4, -0.2) is 25.7 Å². The quantitative estimate of drug-likeness (QED) is 0.881. The number of benzene rings is 1. The number of nitrogens with one attached hydrogen (secondary N) is 1. The number of para-hydroxylation sites is 1. The number of hydrogen-bond acceptors (Lipinski definition) is 4. The third-order valence-electron chi connectivity index (χ3n) is 2.77. The van der Waals surface area contributed by atoms with Gasteiger partial charge in [0, 0.05) is 0 Å². The lowest BCUT2D eigenvalue weighted by Gasteiger charge is -2.03. The molecule has 1 aliphatic rings. The lowest BCUT2D eigenvalue weighted by atomic mass is 10.2. The summed E-state index contributed by atoms with van der Waals surface area (Å²) in [6, 6.07) is 5.53. The minimum absolute atomic E-state index is 0.217. The van der Waals surface area contributed by atoms with Crippen LogP contribution in [0.1, 0.15) is 17.5 Å². The Bertz CT molecular complexity index is 602. The van der Waals surface area contributed by atoms with Crippen LogP contribution in [0.4, 0.5) is 0 Å². The molecular formula is C13H13NO4. The summed E-state index contributed by atoms with van der Waals surface area (Å²) in [4.78, 5) is 11.8. The van der Waals surface area contributed by atoms with Crippen molar-refractivity contribution in [3.63, 3.8) is 0 Å². The first-order valence-electron chi connectivity index (χ1n) is 5.90. The Morgan fingerprint density at radius 3 is 3.17 bits per heavy atom. The first-order chi connectivity index (χ1) is 8.81. The van der Waals surface area contributed by atoms with Crippen LogP contribution in [0.5, 0.6) is 11.5 Å². The van der Waals surface area contributed by atoms with Crippen molar-refractivity contribution in [2.45, 2.75) is 6.92 Å². The van der Waals surface area contributed by atoms with Crippen LogP contribution in [0.2, 0.25) is 0 Å². The van der Waals surface area contributed by atoms with Crippen LogP contribution in [-0.2, 0) is 0 Å². The average molecular weight is 247 g/mol. The molecule has 0 saturated carbocycles. The number of furan rings is 1. The van der Waals surface area contributed by atoms with Gasteiger partial charge in [0.1, 0.15) is 6.61 Å². The van der Waals surface area contributed by atoms with Crippen LogP contribution in [0.3, 0.4) is 0 Å². The molecule has 3 rings (SSSR count). The highest BCUT2D eigenvalue weighted by Crippen LogP contribution is 2.38. The van der Waals surface area contributed by atoms with Gasteiger partial charge in [-0.1, -0.05) is 6.07 Å². The van der Waals surface area contributed by atoms with E-state index in [2.05, 4.69) is 5.32 Å². The fourth-order valence-electron chi connectivity index (χ4n) is 2.03. The maximum Gasteiger partial charge on any atom is 0.291 e. The van der Waals surface area contributed by atoms with Crippen LogP contribution < -0.4 is 14.8 Å². The number of carbonyl (C=O) groups is 1. The third kappa shape index (κ3) is 1.59. The van der Waals surface area contributed by atoms with Crippen molar-refractivity contribution in [2.24, 2.45) is 0 Å². The normalized spacial score (nSPS) is 14.6. The summed E-state index contributed by atoms with van der Waals surface area (Å²) < 4.78 is 16.7. The van der Waals surface area contributed by atoms with Gasteiger partial charge < -0.3 is 19.2 Å². The zero-order valence-corrected chi connectivity index (χ0v) is 9.99. The molecule has 1 aromatic heterocycles. The van der Waals surface area contributed by atoms with E-state index in [0.29, 0.717) is 36.8 Å². The Hall–Kier alpha value is -2.17. The van der Waals surface area contributed by atoms with Crippen LogP contribution in [0, 0.1) is 0 Å². The van der Waals surface area contributed by atoms with Crippen molar-refractivity contribution in [1.82, 2.24) is 5.32 Å². The fraction of sp³-hybridized carbons (Fsp3) is 0.308. The Morgan fingerprint density at radius 1 is 1.44 bits per heavy atom. The number of amides is 1. The predicted molar refractivity (Wildman–Crippen MR) is 65.2 cm³/mol. The second-order valence-electron chi connectivity index (χ2n) is 3.93. The number of hydrogen-bond donors (Lipinski definition) is 1. The van der Waals surface area contributed by atoms with E-state index in [0.717, 1.165) is 5.39 Å². The molecule has 0 spiro atoms. The second-order valence-corrected chi connectivity index (χ2v) is 3.93. The number of fused-ring (bicyclic) bond motifs is 3. The molecule has 0 atom stereocenters. The van der Waals surface area contributed by atoms with Gasteiger partial charge in [-0.25, -0.2) is 0 Å². The predicted octanol–water partition coefficient (Wildman–Crippen LogP) is 1.95. The summed E-state index contributed by atoms with van der Waals surface area (Å²) in [6.07, 6.45) is 0. The lowest BCUT2D eigenvalue weighted by molar-refractivity contribution is 0.0932. The molecule has 5 heteroatoms. The van der Waals surface area contributed by atoms with Gasteiger partial charge in [0.25, 0.3) is 5.91 Å². The maximum absolute atomic E-state index is 11.8. The van der Waals surface area contributed by atoms with Gasteiger partial charge >= 0.3 is 0 Å². The van der Waals surface area contributed by atoms with Crippen molar-refractivity contribution < 1.29 is 18.7 Å². The molecule has 1 N–H and O–H groups in total. The van der Waals surface area contributed by atoms with Crippen molar-refractivity contribution in [3.05, 3.63) is 24.0 Å². The van der Waals surface area contributed by atoms with Crippen molar-refractivity contribution in [3.8, 4) is 11.5 Å². The number of carbonyl (C=O) groups excluding carboxylic acids is 1. The number of ether oxygens (including phenoxy) is 2. The lowest BCUT2D eigenvalue weighted by Crippen LogP contribution is -2.24. The van der Waals surface area contributed by atoms with Gasteiger partial charge in [-0.15, -0.1) is 0 Å². The second kappa shape index (κ2) is 4.25. The Labute approximate surface area is 104 Å². The molecular weight excluding hydrogens is 234 g/mol. The largest absolute Gasteiger partial charge is 0.490 e. The zero-order chi connectivity index (χ0) is 12.5. The summed E-state index contributed by atoms with van der Waals surface area (Å²) in [6.45, 7) is 3.36. The summed E-state index contributed by atoms with van der Waals surface area (Å²) in [5, 5.41) is 3.49. The van der Waals surface area contributed by atoms with Gasteiger partial charge in [0.2, 0.25) is 5.76 Å². The topological polar surface area (TPSA) is 60.7 Å². The van der Waals surface area contributed by atoms with E-state index in [4.69, 9.17) is 13.9 Å². The standard InChI is InChI=1S/C13H13NO4/c1-2-16-9-5-3-4-8-10(9)18-12-11(8)17-7-6-14-13(12)15/h3-5H,2,6-7H2,1H3,(H,14,15). The molecule has 5 nitrogen and oxygen atoms in total. The van der Waals surface area contributed by atoms with Crippen molar-refractivity contribution >= 4 is 16.9 Å². The Balaban J connectivity index is 2.22. The first kappa shape index (κ1) is 11.0. The molecule has 0 bridgehead atoms. The van der Waals surface area contributed by atoms with Gasteiger partial charge in [-0.2, -0.15) is 0 Å². The SMILES string of the molecule is CCOc1cccc2c3c(oc12)C(=O)NCCO3. The highest BCUT2D eigenvalue weighted by Gasteiger charge is 2.25. The van der Waals surface area contributed by atoms with E-state index in [1.807, 2.05) is 25.1 Å². The highest BCUT2D eigenvalue weighted by molar-refractivity contribution is 6.03. The molecule has 0 radical (unpaired) electrons. The van der Waals surface area contributed by atoms with E-state index in [-0.39, 0.29) is 11.7 Å². The van der Waals surface area contributed by atoms with Gasteiger partial charge in [0.15, 0.2) is 17.1 Å². The third-order valence-corrected chi connectivity index (χ3v) is 2.77. The van der Waals surface area contributed by atoms with E-state index in [1.165, 1.54) is 0 Å². The highest BCUT2D eigenvalue weighted by atomic mass is 16.5. The molecule has 2 aromatic rings. The molecule has 18 heavy (non-hydrogen) atoms. The minimum Gasteiger partial charge on any atom is -0.490 e. The summed E-state index contributed by atoms with van der Waals surface area (Å²) in [5.41, 5.74) is 0.557. The summed E-state index contributed by atoms with van der Waals surface area (Å²) in [7, 11) is 0. The first-order valence-corrected chi connectivity index (χ1v) is 5.90. The van der Waals surface area contributed by atoms with E-state index < -0.39 is 0 Å². The van der Waals surface area contributed by atoms with E-state index in [9.17, 15) is 4.79 Å². The van der Waals surface area contributed by atoms with Crippen LogP contribution >= 0.6 is 0 Å². The Morgan fingerprint density at radius 2 is 2.33 bits per heavy atom. The average Bonchev–Trinajstić information content (AvgIpc) is 2.65. The molecule has 0 fully saturated rings. The Kier molecular flexibility index (Phi) is 2.59. The van der Waals surface area contributed by atoms with Crippen molar-refractivity contribution in [1.29, 1.82) is 0 Å². The molecule has 1 amide bonds. The molecule has 94 valence electrons. The van der Waals surface area contributed by atoms with E-state index in [1.54, 1.807) is 0 Å².